The number of aryl methyl sites for hydroxylation is 2. The maximum atomic E-state index is 12.7. The number of carbonyl (C=O) groups excluding carboxylic acids is 2. The van der Waals surface area contributed by atoms with E-state index in [4.69, 9.17) is 21.1 Å². The lowest BCUT2D eigenvalue weighted by Crippen LogP contribution is -2.15. The van der Waals surface area contributed by atoms with E-state index >= 15 is 0 Å². The number of hydrogen-bond acceptors (Lipinski definition) is 5. The SMILES string of the molecule is COc1cc(/C=C(\C#N)C(=O)Nc2c(C)cccc2C)ccc1OC(=O)c1ccccc1Cl. The van der Waals surface area contributed by atoms with Gasteiger partial charge in [0.15, 0.2) is 11.5 Å². The largest absolute Gasteiger partial charge is 0.493 e. The van der Waals surface area contributed by atoms with E-state index in [1.165, 1.54) is 19.3 Å². The van der Waals surface area contributed by atoms with Crippen molar-refractivity contribution >= 4 is 35.2 Å². The van der Waals surface area contributed by atoms with Crippen LogP contribution in [0.15, 0.2) is 66.2 Å². The first-order valence-electron chi connectivity index (χ1n) is 9.98. The molecule has 0 bridgehead atoms. The lowest BCUT2D eigenvalue weighted by Gasteiger charge is -2.12. The molecule has 33 heavy (non-hydrogen) atoms. The van der Waals surface area contributed by atoms with E-state index in [1.807, 2.05) is 38.1 Å². The number of para-hydroxylation sites is 1. The van der Waals surface area contributed by atoms with Gasteiger partial charge in [0.25, 0.3) is 5.91 Å². The van der Waals surface area contributed by atoms with Crippen LogP contribution in [0.3, 0.4) is 0 Å². The molecule has 0 aliphatic heterocycles. The number of amides is 1. The second kappa shape index (κ2) is 10.5. The molecule has 166 valence electrons. The van der Waals surface area contributed by atoms with Gasteiger partial charge in [0.05, 0.1) is 17.7 Å². The van der Waals surface area contributed by atoms with Crippen LogP contribution in [0.4, 0.5) is 5.69 Å². The van der Waals surface area contributed by atoms with Gasteiger partial charge in [-0.3, -0.25) is 4.79 Å². The van der Waals surface area contributed by atoms with Crippen molar-refractivity contribution in [3.63, 3.8) is 0 Å². The third kappa shape index (κ3) is 5.59. The Bertz CT molecular complexity index is 1270. The van der Waals surface area contributed by atoms with Gasteiger partial charge in [0.1, 0.15) is 11.6 Å². The quantitative estimate of drug-likeness (QED) is 0.219. The van der Waals surface area contributed by atoms with E-state index in [2.05, 4.69) is 5.32 Å². The highest BCUT2D eigenvalue weighted by Crippen LogP contribution is 2.30. The maximum Gasteiger partial charge on any atom is 0.345 e. The molecule has 0 saturated heterocycles. The average molecular weight is 461 g/mol. The highest BCUT2D eigenvalue weighted by atomic mass is 35.5. The van der Waals surface area contributed by atoms with Crippen LogP contribution in [0.25, 0.3) is 6.08 Å². The fourth-order valence-electron chi connectivity index (χ4n) is 3.15. The summed E-state index contributed by atoms with van der Waals surface area (Å²) in [6.45, 7) is 3.76. The molecule has 3 rings (SSSR count). The molecular formula is C26H21ClN2O4. The molecule has 0 heterocycles. The van der Waals surface area contributed by atoms with Gasteiger partial charge in [0, 0.05) is 5.69 Å². The number of ether oxygens (including phenoxy) is 2. The molecule has 1 amide bonds. The van der Waals surface area contributed by atoms with Crippen molar-refractivity contribution in [2.24, 2.45) is 0 Å². The Morgan fingerprint density at radius 2 is 1.70 bits per heavy atom. The van der Waals surface area contributed by atoms with Crippen molar-refractivity contribution < 1.29 is 19.1 Å². The van der Waals surface area contributed by atoms with Crippen LogP contribution in [0.1, 0.15) is 27.0 Å². The summed E-state index contributed by atoms with van der Waals surface area (Å²) in [5.41, 5.74) is 3.13. The van der Waals surface area contributed by atoms with E-state index in [-0.39, 0.29) is 27.7 Å². The number of halogens is 1. The van der Waals surface area contributed by atoms with Crippen LogP contribution in [0.2, 0.25) is 5.02 Å². The summed E-state index contributed by atoms with van der Waals surface area (Å²) in [5, 5.41) is 12.6. The van der Waals surface area contributed by atoms with Crippen LogP contribution < -0.4 is 14.8 Å². The summed E-state index contributed by atoms with van der Waals surface area (Å²) in [6.07, 6.45) is 1.44. The van der Waals surface area contributed by atoms with E-state index < -0.39 is 11.9 Å². The van der Waals surface area contributed by atoms with E-state index in [0.29, 0.717) is 11.3 Å². The Hall–Kier alpha value is -4.08. The summed E-state index contributed by atoms with van der Waals surface area (Å²) in [5.74, 6) is -0.717. The molecule has 0 radical (unpaired) electrons. The molecule has 3 aromatic carbocycles. The first-order chi connectivity index (χ1) is 15.8. The van der Waals surface area contributed by atoms with Crippen molar-refractivity contribution in [2.45, 2.75) is 13.8 Å². The molecule has 3 aromatic rings. The number of nitrogens with zero attached hydrogens (tertiary/aromatic N) is 1. The zero-order valence-electron chi connectivity index (χ0n) is 18.3. The number of anilines is 1. The van der Waals surface area contributed by atoms with Gasteiger partial charge in [-0.05, 0) is 60.9 Å². The predicted molar refractivity (Wildman–Crippen MR) is 128 cm³/mol. The molecule has 0 fully saturated rings. The van der Waals surface area contributed by atoms with Gasteiger partial charge in [-0.15, -0.1) is 0 Å². The molecule has 0 unspecified atom stereocenters. The molecular weight excluding hydrogens is 440 g/mol. The first kappa shape index (κ1) is 23.6. The summed E-state index contributed by atoms with van der Waals surface area (Å²) in [7, 11) is 1.43. The number of nitrogens with one attached hydrogen (secondary N) is 1. The number of methoxy groups -OCH3 is 1. The van der Waals surface area contributed by atoms with E-state index in [1.54, 1.807) is 36.4 Å². The second-order valence-corrected chi connectivity index (χ2v) is 7.58. The van der Waals surface area contributed by atoms with Crippen molar-refractivity contribution in [1.82, 2.24) is 0 Å². The van der Waals surface area contributed by atoms with Gasteiger partial charge in [0.2, 0.25) is 0 Å². The van der Waals surface area contributed by atoms with E-state index in [9.17, 15) is 14.9 Å². The minimum absolute atomic E-state index is 0.0829. The monoisotopic (exact) mass is 460 g/mol. The molecule has 0 spiro atoms. The third-order valence-electron chi connectivity index (χ3n) is 4.88. The number of carbonyl (C=O) groups is 2. The maximum absolute atomic E-state index is 12.7. The second-order valence-electron chi connectivity index (χ2n) is 7.17. The van der Waals surface area contributed by atoms with Gasteiger partial charge in [-0.25, -0.2) is 4.79 Å². The Balaban J connectivity index is 1.84. The van der Waals surface area contributed by atoms with Crippen molar-refractivity contribution in [2.75, 3.05) is 12.4 Å². The fourth-order valence-corrected chi connectivity index (χ4v) is 3.36. The van der Waals surface area contributed by atoms with Crippen LogP contribution >= 0.6 is 11.6 Å². The standard InChI is InChI=1S/C26H21ClN2O4/c1-16-7-6-8-17(2)24(16)29-25(30)19(15-28)13-18-11-12-22(23(14-18)32-3)33-26(31)20-9-4-5-10-21(20)27/h4-14H,1-3H3,(H,29,30)/b19-13+. The number of esters is 1. The lowest BCUT2D eigenvalue weighted by atomic mass is 10.1. The number of rotatable bonds is 6. The highest BCUT2D eigenvalue weighted by Gasteiger charge is 2.16. The zero-order chi connectivity index (χ0) is 24.0. The van der Waals surface area contributed by atoms with Crippen molar-refractivity contribution in [3.05, 3.63) is 93.5 Å². The Labute approximate surface area is 197 Å². The number of nitriles is 1. The number of hydrogen-bond donors (Lipinski definition) is 1. The van der Waals surface area contributed by atoms with Crippen LogP contribution in [-0.4, -0.2) is 19.0 Å². The van der Waals surface area contributed by atoms with Gasteiger partial charge in [-0.1, -0.05) is 48.0 Å². The Morgan fingerprint density at radius 1 is 1.00 bits per heavy atom. The minimum atomic E-state index is -0.632. The number of benzene rings is 3. The molecule has 0 saturated carbocycles. The minimum Gasteiger partial charge on any atom is -0.493 e. The summed E-state index contributed by atoms with van der Waals surface area (Å²) in [4.78, 5) is 25.2. The smallest absolute Gasteiger partial charge is 0.345 e. The third-order valence-corrected chi connectivity index (χ3v) is 5.21. The first-order valence-corrected chi connectivity index (χ1v) is 10.4. The predicted octanol–water partition coefficient (Wildman–Crippen LogP) is 5.73. The van der Waals surface area contributed by atoms with Gasteiger partial charge < -0.3 is 14.8 Å². The molecule has 7 heteroatoms. The summed E-state index contributed by atoms with van der Waals surface area (Å²) >= 11 is 6.06. The lowest BCUT2D eigenvalue weighted by molar-refractivity contribution is -0.112. The zero-order valence-corrected chi connectivity index (χ0v) is 19.1. The van der Waals surface area contributed by atoms with Crippen LogP contribution in [-0.2, 0) is 4.79 Å². The Morgan fingerprint density at radius 3 is 2.33 bits per heavy atom. The molecule has 0 aromatic heterocycles. The Kier molecular flexibility index (Phi) is 7.50. The van der Waals surface area contributed by atoms with Gasteiger partial charge in [-0.2, -0.15) is 5.26 Å². The topological polar surface area (TPSA) is 88.4 Å². The molecule has 0 aliphatic rings. The molecule has 1 N–H and O–H groups in total. The van der Waals surface area contributed by atoms with E-state index in [0.717, 1.165) is 11.1 Å². The summed E-state index contributed by atoms with van der Waals surface area (Å²) < 4.78 is 10.8. The van der Waals surface area contributed by atoms with Crippen molar-refractivity contribution in [1.29, 1.82) is 5.26 Å². The fraction of sp³-hybridized carbons (Fsp3) is 0.115. The van der Waals surface area contributed by atoms with Crippen LogP contribution in [0.5, 0.6) is 11.5 Å². The van der Waals surface area contributed by atoms with Crippen LogP contribution in [0, 0.1) is 25.2 Å². The van der Waals surface area contributed by atoms with Crippen molar-refractivity contribution in [3.8, 4) is 17.6 Å². The molecule has 6 nitrogen and oxygen atoms in total. The summed E-state index contributed by atoms with van der Waals surface area (Å²) in [6, 6.07) is 18.8. The molecule has 0 atom stereocenters. The molecule has 0 aliphatic carbocycles. The van der Waals surface area contributed by atoms with Gasteiger partial charge >= 0.3 is 5.97 Å². The average Bonchev–Trinajstić information content (AvgIpc) is 2.80. The normalized spacial score (nSPS) is 10.8. The highest BCUT2D eigenvalue weighted by molar-refractivity contribution is 6.33.